The summed E-state index contributed by atoms with van der Waals surface area (Å²) in [5.74, 6) is 0.648. The zero-order valence-electron chi connectivity index (χ0n) is 9.25. The second kappa shape index (κ2) is 5.56. The van der Waals surface area contributed by atoms with Gasteiger partial charge in [0.05, 0.1) is 11.8 Å². The van der Waals surface area contributed by atoms with Crippen LogP contribution < -0.4 is 11.1 Å². The Labute approximate surface area is 89.8 Å². The molecule has 1 atom stereocenters. The molecule has 84 valence electrons. The van der Waals surface area contributed by atoms with E-state index in [2.05, 4.69) is 5.32 Å². The summed E-state index contributed by atoms with van der Waals surface area (Å²) < 4.78 is 5.18. The molecule has 0 saturated heterocycles. The summed E-state index contributed by atoms with van der Waals surface area (Å²) in [6, 6.07) is 1.81. The van der Waals surface area contributed by atoms with Crippen LogP contribution in [0.25, 0.3) is 0 Å². The van der Waals surface area contributed by atoms with Gasteiger partial charge in [-0.05, 0) is 19.4 Å². The quantitative estimate of drug-likeness (QED) is 0.770. The Hall–Kier alpha value is -1.29. The fourth-order valence-corrected chi connectivity index (χ4v) is 1.33. The van der Waals surface area contributed by atoms with E-state index in [0.29, 0.717) is 12.1 Å². The van der Waals surface area contributed by atoms with Crippen molar-refractivity contribution < 1.29 is 9.21 Å². The molecule has 0 aliphatic rings. The van der Waals surface area contributed by atoms with Gasteiger partial charge in [0.1, 0.15) is 5.76 Å². The van der Waals surface area contributed by atoms with Gasteiger partial charge in [0.25, 0.3) is 5.91 Å². The third-order valence-corrected chi connectivity index (χ3v) is 2.20. The zero-order chi connectivity index (χ0) is 11.3. The molecule has 0 spiro atoms. The van der Waals surface area contributed by atoms with Crippen LogP contribution in [0.4, 0.5) is 0 Å². The van der Waals surface area contributed by atoms with Crippen molar-refractivity contribution in [3.63, 3.8) is 0 Å². The lowest BCUT2D eigenvalue weighted by atomic mass is 10.2. The Morgan fingerprint density at radius 1 is 1.67 bits per heavy atom. The number of aryl methyl sites for hydroxylation is 1. The van der Waals surface area contributed by atoms with Gasteiger partial charge >= 0.3 is 0 Å². The van der Waals surface area contributed by atoms with Crippen LogP contribution in [0.2, 0.25) is 0 Å². The minimum absolute atomic E-state index is 0.0822. The standard InChI is InChI=1S/C11H18N2O2/c1-3-10-9(5-7-15-10)11(14)13-6-4-8(2)12/h5,7-8H,3-4,6,12H2,1-2H3,(H,13,14). The fraction of sp³-hybridized carbons (Fsp3) is 0.545. The topological polar surface area (TPSA) is 68.3 Å². The molecule has 0 aliphatic carbocycles. The summed E-state index contributed by atoms with van der Waals surface area (Å²) in [6.07, 6.45) is 3.05. The summed E-state index contributed by atoms with van der Waals surface area (Å²) in [6.45, 7) is 4.48. The Balaban J connectivity index is 2.47. The SMILES string of the molecule is CCc1occc1C(=O)NCCC(C)N. The number of rotatable bonds is 5. The van der Waals surface area contributed by atoms with E-state index in [9.17, 15) is 4.79 Å². The minimum Gasteiger partial charge on any atom is -0.469 e. The van der Waals surface area contributed by atoms with E-state index in [0.717, 1.165) is 18.6 Å². The number of carbonyl (C=O) groups excluding carboxylic acids is 1. The molecule has 1 rings (SSSR count). The summed E-state index contributed by atoms with van der Waals surface area (Å²) in [5.41, 5.74) is 6.21. The van der Waals surface area contributed by atoms with Gasteiger partial charge in [-0.2, -0.15) is 0 Å². The maximum atomic E-state index is 11.7. The molecular formula is C11H18N2O2. The first-order valence-corrected chi connectivity index (χ1v) is 5.25. The first-order valence-electron chi connectivity index (χ1n) is 5.25. The maximum absolute atomic E-state index is 11.7. The Morgan fingerprint density at radius 2 is 2.40 bits per heavy atom. The molecule has 0 radical (unpaired) electrons. The molecule has 4 heteroatoms. The highest BCUT2D eigenvalue weighted by Gasteiger charge is 2.12. The van der Waals surface area contributed by atoms with Gasteiger partial charge in [0, 0.05) is 19.0 Å². The highest BCUT2D eigenvalue weighted by atomic mass is 16.3. The van der Waals surface area contributed by atoms with Crippen LogP contribution in [-0.2, 0) is 6.42 Å². The Kier molecular flexibility index (Phi) is 4.37. The third kappa shape index (κ3) is 3.40. The number of hydrogen-bond donors (Lipinski definition) is 2. The molecule has 1 heterocycles. The molecule has 0 bridgehead atoms. The van der Waals surface area contributed by atoms with E-state index in [-0.39, 0.29) is 11.9 Å². The van der Waals surface area contributed by atoms with Crippen molar-refractivity contribution in [3.8, 4) is 0 Å². The molecule has 0 aliphatic heterocycles. The van der Waals surface area contributed by atoms with Gasteiger partial charge < -0.3 is 15.5 Å². The van der Waals surface area contributed by atoms with Crippen LogP contribution in [0.1, 0.15) is 36.4 Å². The van der Waals surface area contributed by atoms with Gasteiger partial charge in [-0.25, -0.2) is 0 Å². The second-order valence-corrected chi connectivity index (χ2v) is 3.63. The smallest absolute Gasteiger partial charge is 0.254 e. The van der Waals surface area contributed by atoms with E-state index in [4.69, 9.17) is 10.2 Å². The first kappa shape index (κ1) is 11.8. The van der Waals surface area contributed by atoms with Crippen LogP contribution in [0.3, 0.4) is 0 Å². The Morgan fingerprint density at radius 3 is 3.00 bits per heavy atom. The summed E-state index contributed by atoms with van der Waals surface area (Å²) in [5, 5.41) is 2.81. The van der Waals surface area contributed by atoms with Crippen molar-refractivity contribution in [2.75, 3.05) is 6.54 Å². The normalized spacial score (nSPS) is 12.5. The lowest BCUT2D eigenvalue weighted by Crippen LogP contribution is -2.29. The molecule has 0 saturated carbocycles. The lowest BCUT2D eigenvalue weighted by molar-refractivity contribution is 0.0951. The first-order chi connectivity index (χ1) is 7.15. The molecular weight excluding hydrogens is 192 g/mol. The average Bonchev–Trinajstić information content (AvgIpc) is 2.64. The van der Waals surface area contributed by atoms with Crippen molar-refractivity contribution in [1.29, 1.82) is 0 Å². The van der Waals surface area contributed by atoms with Gasteiger partial charge in [-0.1, -0.05) is 6.92 Å². The average molecular weight is 210 g/mol. The van der Waals surface area contributed by atoms with Gasteiger partial charge in [0.2, 0.25) is 0 Å². The van der Waals surface area contributed by atoms with Crippen molar-refractivity contribution in [1.82, 2.24) is 5.32 Å². The second-order valence-electron chi connectivity index (χ2n) is 3.63. The predicted octanol–water partition coefficient (Wildman–Crippen LogP) is 1.31. The highest BCUT2D eigenvalue weighted by molar-refractivity contribution is 5.95. The third-order valence-electron chi connectivity index (χ3n) is 2.20. The van der Waals surface area contributed by atoms with Crippen LogP contribution >= 0.6 is 0 Å². The molecule has 3 N–H and O–H groups in total. The molecule has 0 aromatic carbocycles. The molecule has 0 fully saturated rings. The zero-order valence-corrected chi connectivity index (χ0v) is 9.25. The number of nitrogens with one attached hydrogen (secondary N) is 1. The van der Waals surface area contributed by atoms with Gasteiger partial charge in [-0.15, -0.1) is 0 Å². The number of furan rings is 1. The van der Waals surface area contributed by atoms with Crippen LogP contribution in [0, 0.1) is 0 Å². The van der Waals surface area contributed by atoms with Crippen molar-refractivity contribution in [2.45, 2.75) is 32.7 Å². The number of carbonyl (C=O) groups is 1. The summed E-state index contributed by atoms with van der Waals surface area (Å²) in [4.78, 5) is 11.7. The molecule has 15 heavy (non-hydrogen) atoms. The van der Waals surface area contributed by atoms with E-state index < -0.39 is 0 Å². The molecule has 4 nitrogen and oxygen atoms in total. The molecule has 1 aromatic heterocycles. The highest BCUT2D eigenvalue weighted by Crippen LogP contribution is 2.10. The molecule has 1 amide bonds. The number of nitrogens with two attached hydrogens (primary N) is 1. The fourth-order valence-electron chi connectivity index (χ4n) is 1.33. The molecule has 1 aromatic rings. The largest absolute Gasteiger partial charge is 0.469 e. The minimum atomic E-state index is -0.0822. The number of hydrogen-bond acceptors (Lipinski definition) is 3. The monoisotopic (exact) mass is 210 g/mol. The van der Waals surface area contributed by atoms with Crippen molar-refractivity contribution in [2.24, 2.45) is 5.73 Å². The summed E-state index contributed by atoms with van der Waals surface area (Å²) >= 11 is 0. The van der Waals surface area contributed by atoms with Gasteiger partial charge in [0.15, 0.2) is 0 Å². The van der Waals surface area contributed by atoms with Crippen LogP contribution in [0.15, 0.2) is 16.7 Å². The van der Waals surface area contributed by atoms with E-state index in [1.807, 2.05) is 13.8 Å². The van der Waals surface area contributed by atoms with Gasteiger partial charge in [-0.3, -0.25) is 4.79 Å². The Bertz CT molecular complexity index is 318. The van der Waals surface area contributed by atoms with E-state index >= 15 is 0 Å². The van der Waals surface area contributed by atoms with Crippen LogP contribution in [0.5, 0.6) is 0 Å². The number of amides is 1. The van der Waals surface area contributed by atoms with Crippen LogP contribution in [-0.4, -0.2) is 18.5 Å². The summed E-state index contributed by atoms with van der Waals surface area (Å²) in [7, 11) is 0. The lowest BCUT2D eigenvalue weighted by Gasteiger charge is -2.06. The molecule has 1 unspecified atom stereocenters. The predicted molar refractivity (Wildman–Crippen MR) is 58.7 cm³/mol. The van der Waals surface area contributed by atoms with E-state index in [1.165, 1.54) is 0 Å². The maximum Gasteiger partial charge on any atom is 0.254 e. The van der Waals surface area contributed by atoms with Crippen molar-refractivity contribution in [3.05, 3.63) is 23.7 Å². The van der Waals surface area contributed by atoms with E-state index in [1.54, 1.807) is 12.3 Å². The van der Waals surface area contributed by atoms with Crippen molar-refractivity contribution >= 4 is 5.91 Å².